The number of carbonyl (C=O) groups excluding carboxylic acids is 1. The van der Waals surface area contributed by atoms with Crippen LogP contribution in [0.2, 0.25) is 0 Å². The molecule has 0 saturated heterocycles. The lowest BCUT2D eigenvalue weighted by molar-refractivity contribution is -0.384. The summed E-state index contributed by atoms with van der Waals surface area (Å²) in [5.74, 6) is 0.561. The van der Waals surface area contributed by atoms with Crippen molar-refractivity contribution in [1.82, 2.24) is 5.32 Å². The average Bonchev–Trinajstić information content (AvgIpc) is 2.58. The standard InChI is InChI=1S/C17H16N2O3S/c20-17(18-11-12-23-16-7-2-1-3-8-16)10-9-14-5-4-6-15(13-14)19(21)22/h1-10,13H,11-12H2,(H,18,20). The van der Waals surface area contributed by atoms with Crippen LogP contribution in [-0.4, -0.2) is 23.1 Å². The largest absolute Gasteiger partial charge is 0.352 e. The molecule has 0 fully saturated rings. The number of rotatable bonds is 7. The topological polar surface area (TPSA) is 72.2 Å². The quantitative estimate of drug-likeness (QED) is 0.277. The molecule has 0 aliphatic carbocycles. The van der Waals surface area contributed by atoms with E-state index in [9.17, 15) is 14.9 Å². The summed E-state index contributed by atoms with van der Waals surface area (Å²) in [4.78, 5) is 23.1. The van der Waals surface area contributed by atoms with Crippen molar-refractivity contribution in [2.75, 3.05) is 12.3 Å². The maximum atomic E-state index is 11.7. The van der Waals surface area contributed by atoms with Gasteiger partial charge >= 0.3 is 0 Å². The smallest absolute Gasteiger partial charge is 0.270 e. The van der Waals surface area contributed by atoms with Gasteiger partial charge in [-0.3, -0.25) is 14.9 Å². The Labute approximate surface area is 138 Å². The van der Waals surface area contributed by atoms with E-state index in [1.165, 1.54) is 18.2 Å². The molecule has 118 valence electrons. The molecule has 5 nitrogen and oxygen atoms in total. The molecule has 1 N–H and O–H groups in total. The van der Waals surface area contributed by atoms with Gasteiger partial charge in [-0.05, 0) is 23.8 Å². The number of nitrogens with one attached hydrogen (secondary N) is 1. The number of nitro benzene ring substituents is 1. The molecule has 0 aromatic heterocycles. The van der Waals surface area contributed by atoms with Crippen LogP contribution in [0.5, 0.6) is 0 Å². The minimum Gasteiger partial charge on any atom is -0.352 e. The van der Waals surface area contributed by atoms with E-state index in [1.54, 1.807) is 30.0 Å². The normalized spacial score (nSPS) is 10.6. The van der Waals surface area contributed by atoms with Gasteiger partial charge in [-0.15, -0.1) is 11.8 Å². The van der Waals surface area contributed by atoms with Crippen molar-refractivity contribution in [3.63, 3.8) is 0 Å². The maximum Gasteiger partial charge on any atom is 0.270 e. The van der Waals surface area contributed by atoms with Crippen molar-refractivity contribution >= 4 is 29.4 Å². The van der Waals surface area contributed by atoms with Gasteiger partial charge in [0.15, 0.2) is 0 Å². The third kappa shape index (κ3) is 5.96. The Hall–Kier alpha value is -2.60. The number of nitro groups is 1. The van der Waals surface area contributed by atoms with Crippen LogP contribution in [0, 0.1) is 10.1 Å². The number of amides is 1. The highest BCUT2D eigenvalue weighted by molar-refractivity contribution is 7.99. The highest BCUT2D eigenvalue weighted by Gasteiger charge is 2.04. The summed E-state index contributed by atoms with van der Waals surface area (Å²) in [7, 11) is 0. The molecule has 2 rings (SSSR count). The first-order valence-electron chi connectivity index (χ1n) is 7.03. The molecule has 2 aromatic carbocycles. The third-order valence-corrected chi connectivity index (χ3v) is 3.94. The lowest BCUT2D eigenvalue weighted by Crippen LogP contribution is -2.23. The first-order valence-corrected chi connectivity index (χ1v) is 8.02. The zero-order valence-electron chi connectivity index (χ0n) is 12.3. The van der Waals surface area contributed by atoms with E-state index in [0.29, 0.717) is 12.1 Å². The number of benzene rings is 2. The maximum absolute atomic E-state index is 11.7. The molecule has 0 bridgehead atoms. The van der Waals surface area contributed by atoms with Crippen LogP contribution in [0.15, 0.2) is 65.6 Å². The molecule has 2 aromatic rings. The van der Waals surface area contributed by atoms with E-state index in [4.69, 9.17) is 0 Å². The predicted molar refractivity (Wildman–Crippen MR) is 92.3 cm³/mol. The number of thioether (sulfide) groups is 1. The molecule has 0 aliphatic heterocycles. The zero-order chi connectivity index (χ0) is 16.5. The summed E-state index contributed by atoms with van der Waals surface area (Å²) in [6.45, 7) is 0.553. The van der Waals surface area contributed by atoms with E-state index >= 15 is 0 Å². The van der Waals surface area contributed by atoms with E-state index in [-0.39, 0.29) is 11.6 Å². The van der Waals surface area contributed by atoms with Gasteiger partial charge in [-0.2, -0.15) is 0 Å². The molecule has 0 heterocycles. The molecular weight excluding hydrogens is 312 g/mol. The fourth-order valence-electron chi connectivity index (χ4n) is 1.83. The highest BCUT2D eigenvalue weighted by Crippen LogP contribution is 2.16. The highest BCUT2D eigenvalue weighted by atomic mass is 32.2. The first-order chi connectivity index (χ1) is 11.1. The summed E-state index contributed by atoms with van der Waals surface area (Å²) in [6, 6.07) is 16.1. The second kappa shape index (κ2) is 8.75. The van der Waals surface area contributed by atoms with Gasteiger partial charge in [0, 0.05) is 35.4 Å². The molecule has 0 radical (unpaired) electrons. The lowest BCUT2D eigenvalue weighted by atomic mass is 10.2. The van der Waals surface area contributed by atoms with Gasteiger partial charge < -0.3 is 5.32 Å². The van der Waals surface area contributed by atoms with Crippen LogP contribution in [0.3, 0.4) is 0 Å². The summed E-state index contributed by atoms with van der Waals surface area (Å²) in [5, 5.41) is 13.5. The van der Waals surface area contributed by atoms with E-state index < -0.39 is 4.92 Å². The second-order valence-electron chi connectivity index (χ2n) is 4.64. The van der Waals surface area contributed by atoms with Crippen LogP contribution >= 0.6 is 11.8 Å². The fraction of sp³-hybridized carbons (Fsp3) is 0.118. The van der Waals surface area contributed by atoms with Gasteiger partial charge in [0.05, 0.1) is 4.92 Å². The van der Waals surface area contributed by atoms with Gasteiger partial charge in [0.25, 0.3) is 5.69 Å². The lowest BCUT2D eigenvalue weighted by Gasteiger charge is -2.02. The summed E-state index contributed by atoms with van der Waals surface area (Å²) in [6.07, 6.45) is 2.94. The van der Waals surface area contributed by atoms with Gasteiger partial charge in [0.1, 0.15) is 0 Å². The average molecular weight is 328 g/mol. The third-order valence-electron chi connectivity index (χ3n) is 2.92. The van der Waals surface area contributed by atoms with Crippen molar-refractivity contribution in [2.24, 2.45) is 0 Å². The van der Waals surface area contributed by atoms with E-state index in [1.807, 2.05) is 30.3 Å². The van der Waals surface area contributed by atoms with Gasteiger partial charge in [-0.1, -0.05) is 30.3 Å². The van der Waals surface area contributed by atoms with E-state index in [2.05, 4.69) is 5.32 Å². The van der Waals surface area contributed by atoms with Crippen LogP contribution in [0.4, 0.5) is 5.69 Å². The van der Waals surface area contributed by atoms with Crippen LogP contribution in [0.1, 0.15) is 5.56 Å². The number of non-ortho nitro benzene ring substituents is 1. The number of nitrogens with zero attached hydrogens (tertiary/aromatic N) is 1. The monoisotopic (exact) mass is 328 g/mol. The molecule has 0 atom stereocenters. The molecule has 1 amide bonds. The second-order valence-corrected chi connectivity index (χ2v) is 5.81. The fourth-order valence-corrected chi connectivity index (χ4v) is 2.62. The number of carbonyl (C=O) groups is 1. The molecule has 23 heavy (non-hydrogen) atoms. The minimum absolute atomic E-state index is 0.00631. The Bertz CT molecular complexity index is 702. The van der Waals surface area contributed by atoms with Crippen molar-refractivity contribution in [2.45, 2.75) is 4.90 Å². The van der Waals surface area contributed by atoms with Gasteiger partial charge in [-0.25, -0.2) is 0 Å². The predicted octanol–water partition coefficient (Wildman–Crippen LogP) is 3.52. The van der Waals surface area contributed by atoms with Gasteiger partial charge in [0.2, 0.25) is 5.91 Å². The van der Waals surface area contributed by atoms with Crippen molar-refractivity contribution in [3.05, 3.63) is 76.4 Å². The van der Waals surface area contributed by atoms with Crippen LogP contribution < -0.4 is 5.32 Å². The Morgan fingerprint density at radius 1 is 1.17 bits per heavy atom. The number of hydrogen-bond donors (Lipinski definition) is 1. The van der Waals surface area contributed by atoms with Crippen LogP contribution in [-0.2, 0) is 4.79 Å². The SMILES string of the molecule is O=C(C=Cc1cccc([N+](=O)[O-])c1)NCCSc1ccccc1. The summed E-state index contributed by atoms with van der Waals surface area (Å²) in [5.41, 5.74) is 0.625. The summed E-state index contributed by atoms with van der Waals surface area (Å²) >= 11 is 1.67. The summed E-state index contributed by atoms with van der Waals surface area (Å²) < 4.78 is 0. The molecule has 0 unspecified atom stereocenters. The van der Waals surface area contributed by atoms with Crippen molar-refractivity contribution in [1.29, 1.82) is 0 Å². The Kier molecular flexibility index (Phi) is 6.38. The zero-order valence-corrected chi connectivity index (χ0v) is 13.2. The molecule has 0 spiro atoms. The van der Waals surface area contributed by atoms with Crippen molar-refractivity contribution in [3.8, 4) is 0 Å². The first kappa shape index (κ1) is 16.8. The molecule has 6 heteroatoms. The Morgan fingerprint density at radius 2 is 1.96 bits per heavy atom. The number of hydrogen-bond acceptors (Lipinski definition) is 4. The van der Waals surface area contributed by atoms with Crippen molar-refractivity contribution < 1.29 is 9.72 Å². The molecular formula is C17H16N2O3S. The Balaban J connectivity index is 1.76. The van der Waals surface area contributed by atoms with Crippen LogP contribution in [0.25, 0.3) is 6.08 Å². The minimum atomic E-state index is -0.460. The van der Waals surface area contributed by atoms with E-state index in [0.717, 1.165) is 10.6 Å². The Morgan fingerprint density at radius 3 is 2.70 bits per heavy atom. The molecule has 0 aliphatic rings. The molecule has 0 saturated carbocycles.